The highest BCUT2D eigenvalue weighted by Crippen LogP contribution is 2.28. The van der Waals surface area contributed by atoms with Crippen molar-refractivity contribution in [1.82, 2.24) is 0 Å². The molecule has 4 rings (SSSR count). The number of hydrogen-bond donors (Lipinski definition) is 0. The van der Waals surface area contributed by atoms with Gasteiger partial charge < -0.3 is 0 Å². The zero-order valence-electron chi connectivity index (χ0n) is 15.0. The fourth-order valence-corrected chi connectivity index (χ4v) is 3.17. The highest BCUT2D eigenvalue weighted by atomic mass is 14.6. The molecule has 4 aromatic carbocycles. The highest BCUT2D eigenvalue weighted by Gasteiger charge is 2.08. The van der Waals surface area contributed by atoms with Gasteiger partial charge in [-0.25, -0.2) is 0 Å². The summed E-state index contributed by atoms with van der Waals surface area (Å²) < 4.78 is 0. The van der Waals surface area contributed by atoms with Crippen LogP contribution >= 0.6 is 0 Å². The monoisotopic (exact) mass is 347 g/mol. The van der Waals surface area contributed by atoms with Gasteiger partial charge in [-0.2, -0.15) is 0 Å². The Bertz CT molecular complexity index is 884. The minimum Gasteiger partial charge on any atom is -0.102 e. The largest absolute Gasteiger partial charge is 0.102 e. The molecule has 0 amide bonds. The van der Waals surface area contributed by atoms with Gasteiger partial charge in [0, 0.05) is 11.1 Å². The molecule has 0 bridgehead atoms. The molecular weight excluding hydrogens is 327 g/mol. The highest BCUT2D eigenvalue weighted by molar-refractivity contribution is 5.88. The first-order valence-electron chi connectivity index (χ1n) is 9.14. The van der Waals surface area contributed by atoms with Gasteiger partial charge in [-0.3, -0.25) is 0 Å². The summed E-state index contributed by atoms with van der Waals surface area (Å²) in [6.45, 7) is 0. The molecule has 128 valence electrons. The first kappa shape index (κ1) is 16.8. The van der Waals surface area contributed by atoms with Crippen LogP contribution in [0.2, 0.25) is 0 Å². The summed E-state index contributed by atoms with van der Waals surface area (Å²) in [6, 6.07) is 41.9. The average Bonchev–Trinajstić information content (AvgIpc) is 2.77. The first-order valence-corrected chi connectivity index (χ1v) is 9.14. The van der Waals surface area contributed by atoms with Gasteiger partial charge in [0.1, 0.15) is 0 Å². The lowest BCUT2D eigenvalue weighted by molar-refractivity contribution is 1.53. The fraction of sp³-hybridized carbons (Fsp3) is 0. The van der Waals surface area contributed by atoms with Crippen molar-refractivity contribution >= 4 is 11.1 Å². The van der Waals surface area contributed by atoms with Crippen molar-refractivity contribution in [1.29, 1.82) is 0 Å². The van der Waals surface area contributed by atoms with Crippen LogP contribution in [0.25, 0.3) is 11.1 Å². The number of benzene rings is 4. The molecule has 0 heterocycles. The molecular formula is C27H20. The number of hydrogen-bond acceptors (Lipinski definition) is 0. The van der Waals surface area contributed by atoms with Crippen molar-refractivity contribution in [2.45, 2.75) is 0 Å². The second-order valence-corrected chi connectivity index (χ2v) is 6.34. The molecule has 0 atom stereocenters. The Balaban J connectivity index is 2.05. The molecule has 0 nitrogen and oxygen atoms in total. The summed E-state index contributed by atoms with van der Waals surface area (Å²) in [4.78, 5) is 0. The fourth-order valence-electron chi connectivity index (χ4n) is 3.17. The molecule has 27 heavy (non-hydrogen) atoms. The molecule has 0 saturated heterocycles. The quantitative estimate of drug-likeness (QED) is 0.280. The molecule has 0 aliphatic heterocycles. The molecule has 0 aliphatic carbocycles. The summed E-state index contributed by atoms with van der Waals surface area (Å²) in [7, 11) is 0. The van der Waals surface area contributed by atoms with E-state index in [2.05, 4.69) is 103 Å². The van der Waals surface area contributed by atoms with Crippen LogP contribution in [0.5, 0.6) is 0 Å². The molecule has 0 heteroatoms. The van der Waals surface area contributed by atoms with E-state index in [1.165, 1.54) is 0 Å². The molecule has 0 radical (unpaired) electrons. The lowest BCUT2D eigenvalue weighted by atomic mass is 10.2. The van der Waals surface area contributed by atoms with E-state index in [9.17, 15) is 0 Å². The summed E-state index contributed by atoms with van der Waals surface area (Å²) in [5, 5.41) is 0. The van der Waals surface area contributed by atoms with E-state index < -0.39 is 0 Å². The Kier molecular flexibility index (Phi) is 5.11. The molecule has 0 saturated carbocycles. The third-order valence-electron chi connectivity index (χ3n) is 4.50. The number of rotatable bonds is 4. The van der Waals surface area contributed by atoms with Gasteiger partial charge in [-0.05, 0) is 22.3 Å². The van der Waals surface area contributed by atoms with Gasteiger partial charge in [0.05, 0.1) is 0 Å². The van der Waals surface area contributed by atoms with Crippen molar-refractivity contribution in [3.8, 4) is 0 Å². The van der Waals surface area contributed by atoms with Crippen LogP contribution in [0.1, 0.15) is 22.3 Å². The molecule has 0 aromatic heterocycles. The summed E-state index contributed by atoms with van der Waals surface area (Å²) >= 11 is 0. The smallest absolute Gasteiger partial charge is 0.0316 e. The van der Waals surface area contributed by atoms with Crippen LogP contribution < -0.4 is 0 Å². The topological polar surface area (TPSA) is 0 Å². The Labute approximate surface area is 160 Å². The van der Waals surface area contributed by atoms with E-state index in [1.54, 1.807) is 0 Å². The maximum atomic E-state index is 3.75. The molecule has 0 fully saturated rings. The molecule has 0 N–H and O–H groups in total. The maximum Gasteiger partial charge on any atom is 0.0316 e. The van der Waals surface area contributed by atoms with Crippen LogP contribution in [0.15, 0.2) is 127 Å². The minimum absolute atomic E-state index is 1.10. The van der Waals surface area contributed by atoms with Gasteiger partial charge in [0.2, 0.25) is 0 Å². The van der Waals surface area contributed by atoms with Gasteiger partial charge in [0.25, 0.3) is 0 Å². The van der Waals surface area contributed by atoms with Crippen molar-refractivity contribution < 1.29 is 0 Å². The lowest BCUT2D eigenvalue weighted by Gasteiger charge is -2.09. The second kappa shape index (κ2) is 8.19. The minimum atomic E-state index is 1.10. The van der Waals surface area contributed by atoms with Gasteiger partial charge >= 0.3 is 0 Å². The standard InChI is InChI=1S/C27H20/c1-5-13-22(14-6-1)26(23-15-7-2-8-16-23)21-27(24-17-9-3-10-18-24)25-19-11-4-12-20-25/h1-20H/i21+1,26+1,27+1. The van der Waals surface area contributed by atoms with E-state index in [-0.39, 0.29) is 0 Å². The normalized spacial score (nSPS) is 10.1. The zero-order chi connectivity index (χ0) is 18.3. The third-order valence-corrected chi connectivity index (χ3v) is 4.50. The van der Waals surface area contributed by atoms with Gasteiger partial charge in [-0.15, -0.1) is 5.73 Å². The van der Waals surface area contributed by atoms with E-state index in [0.29, 0.717) is 0 Å². The third kappa shape index (κ3) is 3.98. The predicted molar refractivity (Wildman–Crippen MR) is 114 cm³/mol. The van der Waals surface area contributed by atoms with E-state index in [1.807, 2.05) is 24.3 Å². The van der Waals surface area contributed by atoms with Crippen LogP contribution in [0, 0.1) is 0 Å². The van der Waals surface area contributed by atoms with E-state index >= 15 is 0 Å². The SMILES string of the molecule is c1ccc([13C](=[13C]=[13C](c2ccccc2)c2ccccc2)c2ccccc2)cc1. The van der Waals surface area contributed by atoms with Gasteiger partial charge in [-0.1, -0.05) is 121 Å². The van der Waals surface area contributed by atoms with Crippen LogP contribution in [-0.4, -0.2) is 0 Å². The Morgan fingerprint density at radius 1 is 0.333 bits per heavy atom. The molecule has 0 aliphatic rings. The van der Waals surface area contributed by atoms with Crippen LogP contribution in [0.4, 0.5) is 0 Å². The van der Waals surface area contributed by atoms with Crippen LogP contribution in [-0.2, 0) is 0 Å². The predicted octanol–water partition coefficient (Wildman–Crippen LogP) is 6.85. The summed E-state index contributed by atoms with van der Waals surface area (Å²) in [5.74, 6) is 0. The van der Waals surface area contributed by atoms with Crippen molar-refractivity contribution in [2.24, 2.45) is 0 Å². The zero-order valence-corrected chi connectivity index (χ0v) is 15.0. The van der Waals surface area contributed by atoms with Crippen LogP contribution in [0.3, 0.4) is 0 Å². The molecule has 0 spiro atoms. The second-order valence-electron chi connectivity index (χ2n) is 6.34. The van der Waals surface area contributed by atoms with Crippen molar-refractivity contribution in [3.05, 3.63) is 149 Å². The molecule has 0 unspecified atom stereocenters. The van der Waals surface area contributed by atoms with E-state index in [0.717, 1.165) is 33.4 Å². The Morgan fingerprint density at radius 3 is 0.778 bits per heavy atom. The van der Waals surface area contributed by atoms with Crippen molar-refractivity contribution in [3.63, 3.8) is 0 Å². The molecule has 4 aromatic rings. The summed E-state index contributed by atoms with van der Waals surface area (Å²) in [5.41, 5.74) is 10.6. The Hall–Kier alpha value is -3.60. The first-order chi connectivity index (χ1) is 13.4. The lowest BCUT2D eigenvalue weighted by Crippen LogP contribution is -1.90. The van der Waals surface area contributed by atoms with Crippen molar-refractivity contribution in [2.75, 3.05) is 0 Å². The Morgan fingerprint density at radius 2 is 0.556 bits per heavy atom. The van der Waals surface area contributed by atoms with E-state index in [4.69, 9.17) is 0 Å². The summed E-state index contributed by atoms with van der Waals surface area (Å²) in [6.07, 6.45) is 0. The average molecular weight is 347 g/mol. The van der Waals surface area contributed by atoms with Gasteiger partial charge in [0.15, 0.2) is 0 Å². The maximum absolute atomic E-state index is 3.75.